The summed E-state index contributed by atoms with van der Waals surface area (Å²) in [5.74, 6) is -1.13. The van der Waals surface area contributed by atoms with Crippen LogP contribution in [0.4, 0.5) is 17.6 Å². The van der Waals surface area contributed by atoms with Crippen LogP contribution in [0.3, 0.4) is 0 Å². The maximum Gasteiger partial charge on any atom is 0.416 e. The number of benzene rings is 4. The Bertz CT molecular complexity index is 1890. The first kappa shape index (κ1) is 31.2. The molecule has 0 saturated heterocycles. The fraction of sp³-hybridized carbons (Fsp3) is 0.206. The molecule has 0 bridgehead atoms. The molecule has 11 heteroatoms. The quantitative estimate of drug-likeness (QED) is 0.164. The number of aromatic nitrogens is 3. The smallest absolute Gasteiger partial charge is 0.416 e. The lowest BCUT2D eigenvalue weighted by atomic mass is 9.94. The van der Waals surface area contributed by atoms with Crippen molar-refractivity contribution < 1.29 is 32.2 Å². The molecule has 0 saturated carbocycles. The first-order chi connectivity index (χ1) is 21.5. The minimum Gasteiger partial charge on any atom is -0.493 e. The van der Waals surface area contributed by atoms with Gasteiger partial charge >= 0.3 is 17.8 Å². The minimum absolute atomic E-state index is 0.00790. The Labute approximate surface area is 256 Å². The Morgan fingerprint density at radius 3 is 2.24 bits per heavy atom. The summed E-state index contributed by atoms with van der Waals surface area (Å²) in [4.78, 5) is 25.3. The summed E-state index contributed by atoms with van der Waals surface area (Å²) in [6, 6.07) is 20.9. The van der Waals surface area contributed by atoms with E-state index < -0.39 is 29.2 Å². The van der Waals surface area contributed by atoms with Gasteiger partial charge in [0.15, 0.2) is 0 Å². The monoisotopic (exact) mass is 619 g/mol. The summed E-state index contributed by atoms with van der Waals surface area (Å²) in [6.45, 7) is 3.88. The third-order valence-corrected chi connectivity index (χ3v) is 7.45. The van der Waals surface area contributed by atoms with Crippen LogP contribution < -0.4 is 10.4 Å². The molecule has 7 nitrogen and oxygen atoms in total. The van der Waals surface area contributed by atoms with Gasteiger partial charge in [0.25, 0.3) is 0 Å². The van der Waals surface area contributed by atoms with Gasteiger partial charge in [0, 0.05) is 6.42 Å². The van der Waals surface area contributed by atoms with Crippen LogP contribution in [0.25, 0.3) is 22.5 Å². The summed E-state index contributed by atoms with van der Waals surface area (Å²) >= 11 is 0. The number of carboxylic acids is 1. The molecule has 0 aliphatic heterocycles. The topological polar surface area (TPSA) is 86.4 Å². The highest BCUT2D eigenvalue weighted by molar-refractivity contribution is 5.95. The van der Waals surface area contributed by atoms with Crippen molar-refractivity contribution in [3.05, 3.63) is 129 Å². The molecule has 0 atom stereocenters. The number of aryl methyl sites for hydroxylation is 2. The van der Waals surface area contributed by atoms with E-state index >= 15 is 0 Å². The van der Waals surface area contributed by atoms with E-state index in [4.69, 9.17) is 4.74 Å². The van der Waals surface area contributed by atoms with Gasteiger partial charge in [-0.15, -0.1) is 5.10 Å². The summed E-state index contributed by atoms with van der Waals surface area (Å²) in [5, 5.41) is 14.1. The number of carbonyl (C=O) groups is 1. The number of aromatic carboxylic acids is 1. The SMILES string of the molecule is CCOc1ccc(-c2ccc(CCCc3nn(-c4ccc(C(F)(F)F)cc4)c(=O)n3-c3ccccc3F)cc2)c(C)c1C(=O)O. The molecule has 5 aromatic rings. The van der Waals surface area contributed by atoms with E-state index in [0.717, 1.165) is 50.2 Å². The van der Waals surface area contributed by atoms with Crippen LogP contribution in [0.2, 0.25) is 0 Å². The van der Waals surface area contributed by atoms with Crippen molar-refractivity contribution in [3.8, 4) is 28.3 Å². The average molecular weight is 620 g/mol. The van der Waals surface area contributed by atoms with E-state index in [1.165, 1.54) is 18.2 Å². The van der Waals surface area contributed by atoms with Gasteiger partial charge in [-0.1, -0.05) is 42.5 Å². The summed E-state index contributed by atoms with van der Waals surface area (Å²) < 4.78 is 61.6. The van der Waals surface area contributed by atoms with Crippen molar-refractivity contribution in [3.63, 3.8) is 0 Å². The van der Waals surface area contributed by atoms with Gasteiger partial charge < -0.3 is 9.84 Å². The first-order valence-corrected chi connectivity index (χ1v) is 14.2. The first-order valence-electron chi connectivity index (χ1n) is 14.2. The van der Waals surface area contributed by atoms with Gasteiger partial charge in [0.05, 0.1) is 23.5 Å². The molecule has 0 unspecified atom stereocenters. The molecule has 1 heterocycles. The van der Waals surface area contributed by atoms with Crippen molar-refractivity contribution >= 4 is 5.97 Å². The fourth-order valence-electron chi connectivity index (χ4n) is 5.25. The maximum absolute atomic E-state index is 14.8. The summed E-state index contributed by atoms with van der Waals surface area (Å²) in [6.07, 6.45) is -3.14. The number of halogens is 4. The Balaban J connectivity index is 1.38. The standard InChI is InChI=1S/C34H29F4N3O4/c1-3-45-29-20-19-26(21(2)31(29)32(42)43)23-13-11-22(12-14-23)7-6-10-30-39-41(25-17-15-24(16-18-25)34(36,37)38)33(44)40(30)28-9-5-4-8-27(28)35/h4-5,8-9,11-20H,3,6-7,10H2,1-2H3,(H,42,43). The molecular weight excluding hydrogens is 590 g/mol. The maximum atomic E-state index is 14.8. The molecule has 1 N–H and O–H groups in total. The number of alkyl halides is 3. The van der Waals surface area contributed by atoms with E-state index in [0.29, 0.717) is 30.8 Å². The predicted molar refractivity (Wildman–Crippen MR) is 161 cm³/mol. The normalized spacial score (nSPS) is 11.5. The molecule has 0 fully saturated rings. The molecule has 232 valence electrons. The second kappa shape index (κ2) is 12.8. The third kappa shape index (κ3) is 6.52. The molecule has 45 heavy (non-hydrogen) atoms. The van der Waals surface area contributed by atoms with E-state index in [1.807, 2.05) is 30.3 Å². The number of para-hydroxylation sites is 1. The van der Waals surface area contributed by atoms with E-state index in [-0.39, 0.29) is 29.2 Å². The number of hydrogen-bond donors (Lipinski definition) is 1. The predicted octanol–water partition coefficient (Wildman–Crippen LogP) is 7.43. The lowest BCUT2D eigenvalue weighted by Gasteiger charge is -2.14. The number of ether oxygens (including phenoxy) is 1. The van der Waals surface area contributed by atoms with Crippen molar-refractivity contribution in [2.24, 2.45) is 0 Å². The lowest BCUT2D eigenvalue weighted by Crippen LogP contribution is -2.24. The zero-order valence-corrected chi connectivity index (χ0v) is 24.4. The molecule has 0 amide bonds. The minimum atomic E-state index is -4.53. The van der Waals surface area contributed by atoms with Crippen LogP contribution in [0, 0.1) is 12.7 Å². The Kier molecular flexibility index (Phi) is 8.89. The number of hydrogen-bond acceptors (Lipinski definition) is 4. The zero-order chi connectivity index (χ0) is 32.3. The highest BCUT2D eigenvalue weighted by Gasteiger charge is 2.30. The zero-order valence-electron chi connectivity index (χ0n) is 24.4. The van der Waals surface area contributed by atoms with Gasteiger partial charge in [0.2, 0.25) is 0 Å². The summed E-state index contributed by atoms with van der Waals surface area (Å²) in [7, 11) is 0. The molecule has 0 spiro atoms. The van der Waals surface area contributed by atoms with Gasteiger partial charge in [-0.05, 0) is 91.4 Å². The highest BCUT2D eigenvalue weighted by Crippen LogP contribution is 2.33. The largest absolute Gasteiger partial charge is 0.493 e. The van der Waals surface area contributed by atoms with Crippen molar-refractivity contribution in [1.82, 2.24) is 14.3 Å². The average Bonchev–Trinajstić information content (AvgIpc) is 3.33. The van der Waals surface area contributed by atoms with Crippen LogP contribution in [0.15, 0.2) is 89.7 Å². The second-order valence-electron chi connectivity index (χ2n) is 10.3. The molecule has 1 aromatic heterocycles. The molecule has 4 aromatic carbocycles. The number of nitrogens with zero attached hydrogens (tertiary/aromatic N) is 3. The van der Waals surface area contributed by atoms with E-state index in [2.05, 4.69) is 5.10 Å². The van der Waals surface area contributed by atoms with Gasteiger partial charge in [-0.2, -0.15) is 17.9 Å². The second-order valence-corrected chi connectivity index (χ2v) is 10.3. The van der Waals surface area contributed by atoms with Crippen LogP contribution in [0.5, 0.6) is 5.75 Å². The number of rotatable bonds is 10. The van der Waals surface area contributed by atoms with Crippen LogP contribution in [0.1, 0.15) is 46.2 Å². The van der Waals surface area contributed by atoms with Gasteiger partial charge in [0.1, 0.15) is 23.0 Å². The highest BCUT2D eigenvalue weighted by atomic mass is 19.4. The van der Waals surface area contributed by atoms with Crippen molar-refractivity contribution in [2.45, 2.75) is 39.3 Å². The molecule has 0 aliphatic rings. The van der Waals surface area contributed by atoms with E-state index in [9.17, 15) is 32.3 Å². The Hall–Kier alpha value is -5.19. The molecule has 0 aliphatic carbocycles. The Morgan fingerprint density at radius 1 is 0.933 bits per heavy atom. The van der Waals surface area contributed by atoms with Crippen molar-refractivity contribution in [1.29, 1.82) is 0 Å². The molecular formula is C34H29F4N3O4. The molecule has 0 radical (unpaired) electrons. The van der Waals surface area contributed by atoms with E-state index in [1.54, 1.807) is 26.0 Å². The molecule has 5 rings (SSSR count). The van der Waals surface area contributed by atoms with Crippen LogP contribution >= 0.6 is 0 Å². The third-order valence-electron chi connectivity index (χ3n) is 7.45. The Morgan fingerprint density at radius 2 is 1.62 bits per heavy atom. The van der Waals surface area contributed by atoms with Crippen molar-refractivity contribution in [2.75, 3.05) is 6.61 Å². The van der Waals surface area contributed by atoms with Crippen LogP contribution in [-0.4, -0.2) is 32.0 Å². The fourth-order valence-corrected chi connectivity index (χ4v) is 5.25. The summed E-state index contributed by atoms with van der Waals surface area (Å²) in [5.41, 5.74) is 1.84. The van der Waals surface area contributed by atoms with Gasteiger partial charge in [-0.25, -0.2) is 18.5 Å². The van der Waals surface area contributed by atoms with Crippen LogP contribution in [-0.2, 0) is 19.0 Å². The number of carboxylic acid groups (broad SMARTS) is 1. The van der Waals surface area contributed by atoms with Gasteiger partial charge in [-0.3, -0.25) is 0 Å². The lowest BCUT2D eigenvalue weighted by molar-refractivity contribution is -0.137.